The lowest BCUT2D eigenvalue weighted by Crippen LogP contribution is -2.63. The molecule has 100 valence electrons. The third kappa shape index (κ3) is 2.27. The molecule has 0 radical (unpaired) electrons. The molecule has 18 heavy (non-hydrogen) atoms. The number of hydrogen-bond donors (Lipinski definition) is 3. The molecule has 0 unspecified atom stereocenters. The average Bonchev–Trinajstić information content (AvgIpc) is 2.41. The van der Waals surface area contributed by atoms with Crippen LogP contribution in [0.1, 0.15) is 0 Å². The van der Waals surface area contributed by atoms with E-state index < -0.39 is 43.4 Å². The van der Waals surface area contributed by atoms with Crippen LogP contribution in [0.3, 0.4) is 0 Å². The van der Waals surface area contributed by atoms with Gasteiger partial charge in [0, 0.05) is 0 Å². The maximum absolute atomic E-state index is 9.89. The molecular formula is C11H15NO6. The van der Waals surface area contributed by atoms with E-state index in [1.807, 2.05) is 6.07 Å². The molecule has 0 amide bonds. The molecule has 0 bridgehead atoms. The van der Waals surface area contributed by atoms with Crippen molar-refractivity contribution < 1.29 is 29.5 Å². The van der Waals surface area contributed by atoms with E-state index in [0.717, 1.165) is 0 Å². The zero-order chi connectivity index (χ0) is 13.3. The number of nitriles is 1. The number of nitrogens with zero attached hydrogens (tertiary/aromatic N) is 1. The molecule has 0 aromatic rings. The SMILES string of the molecule is C=C(C#N)[C@H]1CO[C@@H]2O[C@H](CO)[C@@H](O)[C@H](O)[C@H]2O1. The van der Waals surface area contributed by atoms with Gasteiger partial charge >= 0.3 is 0 Å². The molecule has 2 aliphatic heterocycles. The van der Waals surface area contributed by atoms with E-state index in [2.05, 4.69) is 6.58 Å². The second kappa shape index (κ2) is 5.32. The van der Waals surface area contributed by atoms with Crippen LogP contribution in [-0.4, -0.2) is 65.3 Å². The highest BCUT2D eigenvalue weighted by molar-refractivity contribution is 5.22. The molecule has 0 aromatic carbocycles. The van der Waals surface area contributed by atoms with Crippen molar-refractivity contribution in [1.29, 1.82) is 5.26 Å². The fourth-order valence-corrected chi connectivity index (χ4v) is 2.00. The van der Waals surface area contributed by atoms with Crippen LogP contribution in [0, 0.1) is 11.3 Å². The summed E-state index contributed by atoms with van der Waals surface area (Å²) in [4.78, 5) is 0. The highest BCUT2D eigenvalue weighted by Gasteiger charge is 2.49. The van der Waals surface area contributed by atoms with Gasteiger partial charge < -0.3 is 29.5 Å². The van der Waals surface area contributed by atoms with E-state index in [-0.39, 0.29) is 12.2 Å². The van der Waals surface area contributed by atoms with Crippen LogP contribution in [0.2, 0.25) is 0 Å². The summed E-state index contributed by atoms with van der Waals surface area (Å²) in [6, 6.07) is 1.85. The summed E-state index contributed by atoms with van der Waals surface area (Å²) >= 11 is 0. The topological polar surface area (TPSA) is 112 Å². The minimum atomic E-state index is -1.27. The molecule has 2 heterocycles. The second-order valence-corrected chi connectivity index (χ2v) is 4.27. The Morgan fingerprint density at radius 2 is 2.06 bits per heavy atom. The molecule has 2 saturated heterocycles. The van der Waals surface area contributed by atoms with Gasteiger partial charge in [-0.05, 0) is 0 Å². The van der Waals surface area contributed by atoms with Crippen LogP contribution in [0.5, 0.6) is 0 Å². The molecule has 7 heteroatoms. The molecule has 6 atom stereocenters. The summed E-state index contributed by atoms with van der Waals surface area (Å²) in [6.45, 7) is 3.17. The summed E-state index contributed by atoms with van der Waals surface area (Å²) in [5.41, 5.74) is 0.180. The van der Waals surface area contributed by atoms with Crippen molar-refractivity contribution in [3.8, 4) is 6.07 Å². The lowest BCUT2D eigenvalue weighted by molar-refractivity contribution is -0.344. The van der Waals surface area contributed by atoms with Gasteiger partial charge in [-0.3, -0.25) is 0 Å². The second-order valence-electron chi connectivity index (χ2n) is 4.27. The lowest BCUT2D eigenvalue weighted by atomic mass is 9.98. The standard InChI is InChI=1S/C11H15NO6/c1-5(2-12)7-4-16-11-10(17-7)9(15)8(14)6(3-13)18-11/h6-11,13-15H,1,3-4H2/t6-,7-,8-,9+,10-,11-/m1/s1. The van der Waals surface area contributed by atoms with Gasteiger partial charge in [0.1, 0.15) is 30.5 Å². The molecule has 0 aromatic heterocycles. The maximum atomic E-state index is 9.89. The fraction of sp³-hybridized carbons (Fsp3) is 0.727. The van der Waals surface area contributed by atoms with E-state index in [4.69, 9.17) is 24.6 Å². The zero-order valence-corrected chi connectivity index (χ0v) is 9.60. The fourth-order valence-electron chi connectivity index (χ4n) is 2.00. The zero-order valence-electron chi connectivity index (χ0n) is 9.60. The summed E-state index contributed by atoms with van der Waals surface area (Å²) in [5, 5.41) is 37.3. The Morgan fingerprint density at radius 3 is 2.67 bits per heavy atom. The van der Waals surface area contributed by atoms with E-state index >= 15 is 0 Å². The Morgan fingerprint density at radius 1 is 1.33 bits per heavy atom. The Kier molecular flexibility index (Phi) is 3.97. The monoisotopic (exact) mass is 257 g/mol. The molecule has 7 nitrogen and oxygen atoms in total. The van der Waals surface area contributed by atoms with Crippen LogP contribution >= 0.6 is 0 Å². The first-order chi connectivity index (χ1) is 8.58. The van der Waals surface area contributed by atoms with Gasteiger partial charge in [-0.25, -0.2) is 0 Å². The molecule has 0 saturated carbocycles. The van der Waals surface area contributed by atoms with E-state index in [1.165, 1.54) is 0 Å². The van der Waals surface area contributed by atoms with Crippen molar-refractivity contribution in [3.63, 3.8) is 0 Å². The Bertz CT molecular complexity index is 365. The first-order valence-electron chi connectivity index (χ1n) is 5.57. The molecule has 3 N–H and O–H groups in total. The van der Waals surface area contributed by atoms with Crippen molar-refractivity contribution in [1.82, 2.24) is 0 Å². The predicted octanol–water partition coefficient (Wildman–Crippen LogP) is -1.71. The van der Waals surface area contributed by atoms with Crippen molar-refractivity contribution in [2.24, 2.45) is 0 Å². The molecular weight excluding hydrogens is 242 g/mol. The third-order valence-electron chi connectivity index (χ3n) is 3.09. The minimum absolute atomic E-state index is 0.0779. The average molecular weight is 257 g/mol. The highest BCUT2D eigenvalue weighted by Crippen LogP contribution is 2.29. The van der Waals surface area contributed by atoms with Crippen molar-refractivity contribution >= 4 is 0 Å². The third-order valence-corrected chi connectivity index (χ3v) is 3.09. The van der Waals surface area contributed by atoms with E-state index in [0.29, 0.717) is 0 Å². The van der Waals surface area contributed by atoms with Gasteiger partial charge in [0.15, 0.2) is 6.29 Å². The first-order valence-corrected chi connectivity index (χ1v) is 5.57. The Hall–Kier alpha value is -1.01. The van der Waals surface area contributed by atoms with Gasteiger partial charge in [0.25, 0.3) is 0 Å². The minimum Gasteiger partial charge on any atom is -0.394 e. The summed E-state index contributed by atoms with van der Waals surface area (Å²) in [5.74, 6) is 0. The maximum Gasteiger partial charge on any atom is 0.187 e. The number of fused-ring (bicyclic) bond motifs is 1. The van der Waals surface area contributed by atoms with Gasteiger partial charge in [0.2, 0.25) is 0 Å². The van der Waals surface area contributed by atoms with Crippen LogP contribution < -0.4 is 0 Å². The van der Waals surface area contributed by atoms with Crippen LogP contribution in [-0.2, 0) is 14.2 Å². The molecule has 2 fully saturated rings. The molecule has 0 spiro atoms. The van der Waals surface area contributed by atoms with Gasteiger partial charge in [0.05, 0.1) is 24.9 Å². The number of aliphatic hydroxyl groups excluding tert-OH is 3. The number of hydrogen-bond acceptors (Lipinski definition) is 7. The lowest BCUT2D eigenvalue weighted by Gasteiger charge is -2.45. The van der Waals surface area contributed by atoms with Gasteiger partial charge in [-0.1, -0.05) is 6.58 Å². The van der Waals surface area contributed by atoms with E-state index in [9.17, 15) is 10.2 Å². The quantitative estimate of drug-likeness (QED) is 0.505. The van der Waals surface area contributed by atoms with Crippen LogP contribution in [0.4, 0.5) is 0 Å². The first kappa shape index (κ1) is 13.4. The van der Waals surface area contributed by atoms with Crippen molar-refractivity contribution in [3.05, 3.63) is 12.2 Å². The molecule has 0 aliphatic carbocycles. The molecule has 2 rings (SSSR count). The van der Waals surface area contributed by atoms with Crippen molar-refractivity contribution in [2.75, 3.05) is 13.2 Å². The van der Waals surface area contributed by atoms with Crippen LogP contribution in [0.15, 0.2) is 12.2 Å². The normalized spacial score (nSPS) is 43.9. The number of aliphatic hydroxyl groups is 3. The van der Waals surface area contributed by atoms with Crippen LogP contribution in [0.25, 0.3) is 0 Å². The summed E-state index contributed by atoms with van der Waals surface area (Å²) in [7, 11) is 0. The molecule has 2 aliphatic rings. The highest BCUT2D eigenvalue weighted by atomic mass is 16.7. The largest absolute Gasteiger partial charge is 0.394 e. The Balaban J connectivity index is 2.08. The Labute approximate surface area is 104 Å². The van der Waals surface area contributed by atoms with Gasteiger partial charge in [-0.2, -0.15) is 5.26 Å². The number of rotatable bonds is 2. The predicted molar refractivity (Wildman–Crippen MR) is 57.1 cm³/mol. The summed E-state index contributed by atoms with van der Waals surface area (Å²) < 4.78 is 16.0. The number of ether oxygens (including phenoxy) is 3. The summed E-state index contributed by atoms with van der Waals surface area (Å²) in [6.07, 6.45) is -5.88. The van der Waals surface area contributed by atoms with Gasteiger partial charge in [-0.15, -0.1) is 0 Å². The van der Waals surface area contributed by atoms with Crippen molar-refractivity contribution in [2.45, 2.75) is 36.8 Å². The smallest absolute Gasteiger partial charge is 0.187 e. The van der Waals surface area contributed by atoms with E-state index in [1.54, 1.807) is 0 Å².